The fraction of sp³-hybridized carbons (Fsp3) is 0.476. The number of likely N-dealkylation sites (tertiary alicyclic amines) is 1. The normalized spacial score (nSPS) is 21.3. The lowest BCUT2D eigenvalue weighted by Gasteiger charge is -2.40. The third kappa shape index (κ3) is 3.61. The van der Waals surface area contributed by atoms with Crippen LogP contribution in [0.15, 0.2) is 35.4 Å². The van der Waals surface area contributed by atoms with Gasteiger partial charge < -0.3 is 9.80 Å². The maximum Gasteiger partial charge on any atom is 0.253 e. The van der Waals surface area contributed by atoms with E-state index in [0.717, 1.165) is 37.6 Å². The number of hydrogen-bond donors (Lipinski definition) is 0. The Morgan fingerprint density at radius 2 is 2.03 bits per heavy atom. The molecule has 2 aliphatic rings. The molecule has 7 nitrogen and oxygen atoms in total. The van der Waals surface area contributed by atoms with E-state index in [0.29, 0.717) is 24.6 Å². The van der Waals surface area contributed by atoms with Crippen LogP contribution in [0, 0.1) is 0 Å². The van der Waals surface area contributed by atoms with E-state index in [1.54, 1.807) is 12.1 Å². The molecule has 1 aliphatic carbocycles. The first-order chi connectivity index (χ1) is 13.7. The summed E-state index contributed by atoms with van der Waals surface area (Å²) < 4.78 is 23.7. The largest absolute Gasteiger partial charge is 0.347 e. The minimum absolute atomic E-state index is 0.120. The van der Waals surface area contributed by atoms with Crippen LogP contribution in [0.2, 0.25) is 0 Å². The summed E-state index contributed by atoms with van der Waals surface area (Å²) in [5, 5.41) is 0. The third-order valence-corrected chi connectivity index (χ3v) is 7.11. The lowest BCUT2D eigenvalue weighted by molar-refractivity contribution is 0.0633. The number of nitrogens with zero attached hydrogens (tertiary/aromatic N) is 4. The van der Waals surface area contributed by atoms with Gasteiger partial charge in [-0.05, 0) is 49.4 Å². The fourth-order valence-corrected chi connectivity index (χ4v) is 5.16. The van der Waals surface area contributed by atoms with Crippen molar-refractivity contribution >= 4 is 21.7 Å². The second-order valence-electron chi connectivity index (χ2n) is 8.35. The van der Waals surface area contributed by atoms with Gasteiger partial charge in [-0.3, -0.25) is 4.79 Å². The number of rotatable bonds is 3. The van der Waals surface area contributed by atoms with Gasteiger partial charge in [0.15, 0.2) is 9.84 Å². The zero-order valence-electron chi connectivity index (χ0n) is 17.1. The van der Waals surface area contributed by atoms with Gasteiger partial charge in [-0.15, -0.1) is 0 Å². The Morgan fingerprint density at radius 3 is 2.76 bits per heavy atom. The molecule has 1 aromatic heterocycles. The van der Waals surface area contributed by atoms with Crippen molar-refractivity contribution in [3.63, 3.8) is 0 Å². The van der Waals surface area contributed by atoms with Gasteiger partial charge in [0.2, 0.25) is 5.95 Å². The van der Waals surface area contributed by atoms with E-state index < -0.39 is 9.84 Å². The van der Waals surface area contributed by atoms with E-state index in [1.165, 1.54) is 17.7 Å². The summed E-state index contributed by atoms with van der Waals surface area (Å²) in [6.45, 7) is 1.27. The average molecular weight is 415 g/mol. The van der Waals surface area contributed by atoms with Gasteiger partial charge in [0, 0.05) is 50.6 Å². The van der Waals surface area contributed by atoms with Crippen molar-refractivity contribution in [1.29, 1.82) is 0 Å². The van der Waals surface area contributed by atoms with Crippen molar-refractivity contribution in [2.75, 3.05) is 38.3 Å². The summed E-state index contributed by atoms with van der Waals surface area (Å²) >= 11 is 0. The highest BCUT2D eigenvalue weighted by molar-refractivity contribution is 7.90. The van der Waals surface area contributed by atoms with Gasteiger partial charge in [0.1, 0.15) is 0 Å². The van der Waals surface area contributed by atoms with Gasteiger partial charge in [0.25, 0.3) is 5.91 Å². The van der Waals surface area contributed by atoms with Crippen LogP contribution >= 0.6 is 0 Å². The van der Waals surface area contributed by atoms with Crippen molar-refractivity contribution in [3.05, 3.63) is 47.3 Å². The number of fused-ring (bicyclic) bond motifs is 2. The van der Waals surface area contributed by atoms with Gasteiger partial charge >= 0.3 is 0 Å². The molecule has 1 unspecified atom stereocenters. The summed E-state index contributed by atoms with van der Waals surface area (Å²) in [5.74, 6) is 0.569. The molecule has 1 aromatic carbocycles. The molecule has 29 heavy (non-hydrogen) atoms. The second kappa shape index (κ2) is 7.09. The molecular weight excluding hydrogens is 388 g/mol. The number of carbonyl (C=O) groups excluding carboxylic acids is 1. The Bertz CT molecular complexity index is 1060. The lowest BCUT2D eigenvalue weighted by Crippen LogP contribution is -2.48. The molecule has 0 bridgehead atoms. The Kier molecular flexibility index (Phi) is 4.85. The molecule has 8 heteroatoms. The van der Waals surface area contributed by atoms with Crippen LogP contribution in [0.25, 0.3) is 0 Å². The molecule has 154 valence electrons. The molecule has 2 heterocycles. The van der Waals surface area contributed by atoms with Crippen molar-refractivity contribution in [2.45, 2.75) is 36.0 Å². The first-order valence-electron chi connectivity index (χ1n) is 9.83. The topological polar surface area (TPSA) is 83.5 Å². The van der Waals surface area contributed by atoms with E-state index in [-0.39, 0.29) is 16.2 Å². The molecule has 2 aromatic rings. The van der Waals surface area contributed by atoms with Gasteiger partial charge in [0.05, 0.1) is 10.6 Å². The number of anilines is 1. The van der Waals surface area contributed by atoms with E-state index in [9.17, 15) is 13.2 Å². The summed E-state index contributed by atoms with van der Waals surface area (Å²) in [6.07, 6.45) is 6.86. The highest BCUT2D eigenvalue weighted by Crippen LogP contribution is 2.44. The molecular formula is C21H26N4O3S. The van der Waals surface area contributed by atoms with Crippen LogP contribution in [0.1, 0.15) is 40.9 Å². The fourth-order valence-electron chi connectivity index (χ4n) is 4.49. The second-order valence-corrected chi connectivity index (χ2v) is 10.4. The van der Waals surface area contributed by atoms with E-state index in [1.807, 2.05) is 30.1 Å². The Labute approximate surface area is 171 Å². The van der Waals surface area contributed by atoms with E-state index in [2.05, 4.69) is 4.98 Å². The summed E-state index contributed by atoms with van der Waals surface area (Å²) in [6, 6.07) is 6.32. The Balaban J connectivity index is 1.64. The minimum Gasteiger partial charge on any atom is -0.347 e. The zero-order valence-corrected chi connectivity index (χ0v) is 17.9. The van der Waals surface area contributed by atoms with Crippen LogP contribution in [0.4, 0.5) is 5.95 Å². The van der Waals surface area contributed by atoms with Crippen molar-refractivity contribution in [1.82, 2.24) is 14.9 Å². The molecule has 0 N–H and O–H groups in total. The molecule has 1 atom stereocenters. The quantitative estimate of drug-likeness (QED) is 0.765. The molecule has 1 aliphatic heterocycles. The van der Waals surface area contributed by atoms with E-state index in [4.69, 9.17) is 4.98 Å². The van der Waals surface area contributed by atoms with E-state index >= 15 is 0 Å². The number of carbonyl (C=O) groups is 1. The maximum absolute atomic E-state index is 13.2. The number of benzene rings is 1. The number of hydrogen-bond acceptors (Lipinski definition) is 6. The van der Waals surface area contributed by atoms with Crippen molar-refractivity contribution in [2.24, 2.45) is 0 Å². The SMILES string of the molecule is CN(C)c1ncc2c(n1)C1(CCCN(C(=O)c3cccc(S(C)(=O)=O)c3)C1)CC2. The summed E-state index contributed by atoms with van der Waals surface area (Å²) in [4.78, 5) is 26.4. The average Bonchev–Trinajstić information content (AvgIpc) is 3.04. The lowest BCUT2D eigenvalue weighted by atomic mass is 9.77. The highest BCUT2D eigenvalue weighted by atomic mass is 32.2. The predicted molar refractivity (Wildman–Crippen MR) is 111 cm³/mol. The molecule has 1 amide bonds. The first-order valence-corrected chi connectivity index (χ1v) is 11.7. The highest BCUT2D eigenvalue weighted by Gasteiger charge is 2.45. The maximum atomic E-state index is 13.2. The number of aryl methyl sites for hydroxylation is 1. The smallest absolute Gasteiger partial charge is 0.253 e. The monoisotopic (exact) mass is 414 g/mol. The van der Waals surface area contributed by atoms with Gasteiger partial charge in [-0.1, -0.05) is 6.07 Å². The van der Waals surface area contributed by atoms with Crippen molar-refractivity contribution in [3.8, 4) is 0 Å². The standard InChI is InChI=1S/C21H26N4O3S/c1-24(2)20-22-13-16-8-10-21(18(16)23-20)9-5-11-25(14-21)19(26)15-6-4-7-17(12-15)29(3,27)28/h4,6-7,12-13H,5,8-11,14H2,1-3H3. The van der Waals surface area contributed by atoms with Crippen LogP contribution in [-0.4, -0.2) is 62.6 Å². The number of sulfone groups is 1. The van der Waals surface area contributed by atoms with Crippen LogP contribution in [0.3, 0.4) is 0 Å². The zero-order chi connectivity index (χ0) is 20.8. The molecule has 0 radical (unpaired) electrons. The minimum atomic E-state index is -3.36. The van der Waals surface area contributed by atoms with Crippen LogP contribution < -0.4 is 4.90 Å². The Hall–Kier alpha value is -2.48. The summed E-state index contributed by atoms with van der Waals surface area (Å²) in [5.41, 5.74) is 2.51. The van der Waals surface area contributed by atoms with Crippen LogP contribution in [-0.2, 0) is 21.7 Å². The van der Waals surface area contributed by atoms with Crippen molar-refractivity contribution < 1.29 is 13.2 Å². The molecule has 0 saturated carbocycles. The third-order valence-electron chi connectivity index (χ3n) is 6.00. The number of aromatic nitrogens is 2. The molecule has 1 spiro atoms. The van der Waals surface area contributed by atoms with Gasteiger partial charge in [-0.2, -0.15) is 0 Å². The summed E-state index contributed by atoms with van der Waals surface area (Å²) in [7, 11) is 0.494. The molecule has 1 saturated heterocycles. The first kappa shape index (κ1) is 19.8. The molecule has 4 rings (SSSR count). The Morgan fingerprint density at radius 1 is 1.24 bits per heavy atom. The van der Waals surface area contributed by atoms with Crippen LogP contribution in [0.5, 0.6) is 0 Å². The number of amides is 1. The predicted octanol–water partition coefficient (Wildman–Crippen LogP) is 2.07. The van der Waals surface area contributed by atoms with Gasteiger partial charge in [-0.25, -0.2) is 18.4 Å². The molecule has 1 fully saturated rings. The number of piperidine rings is 1.